The lowest BCUT2D eigenvalue weighted by Gasteiger charge is -2.23. The Kier molecular flexibility index (Phi) is 6.29. The predicted molar refractivity (Wildman–Crippen MR) is 121 cm³/mol. The fourth-order valence-electron chi connectivity index (χ4n) is 3.48. The minimum absolute atomic E-state index is 0.0692. The molecule has 0 aliphatic carbocycles. The van der Waals surface area contributed by atoms with Gasteiger partial charge < -0.3 is 9.73 Å². The number of anilines is 1. The second kappa shape index (κ2) is 9.28. The molecule has 0 saturated carbocycles. The Balaban J connectivity index is 1.40. The Hall–Kier alpha value is -3.23. The van der Waals surface area contributed by atoms with E-state index in [1.54, 1.807) is 29.5 Å². The number of hydrogen-bond acceptors (Lipinski definition) is 6. The molecule has 1 aliphatic heterocycles. The number of hydrogen-bond donors (Lipinski definition) is 1. The highest BCUT2D eigenvalue weighted by atomic mass is 32.1. The van der Waals surface area contributed by atoms with Crippen LogP contribution in [0.25, 0.3) is 0 Å². The van der Waals surface area contributed by atoms with Crippen molar-refractivity contribution in [3.8, 4) is 0 Å². The normalized spacial score (nSPS) is 15.9. The molecular formula is C23H24N4O3S. The zero-order valence-corrected chi connectivity index (χ0v) is 18.3. The van der Waals surface area contributed by atoms with Crippen molar-refractivity contribution in [1.82, 2.24) is 9.91 Å². The maximum atomic E-state index is 13.1. The summed E-state index contributed by atoms with van der Waals surface area (Å²) >= 11 is 1.59. The molecule has 160 valence electrons. The Labute approximate surface area is 185 Å². The maximum Gasteiger partial charge on any atom is 0.257 e. The molecule has 0 radical (unpaired) electrons. The second-order valence-corrected chi connectivity index (χ2v) is 8.53. The van der Waals surface area contributed by atoms with Gasteiger partial charge in [-0.15, -0.1) is 11.3 Å². The summed E-state index contributed by atoms with van der Waals surface area (Å²) in [6.45, 7) is 2.16. The van der Waals surface area contributed by atoms with Crippen molar-refractivity contribution in [1.29, 1.82) is 0 Å². The fraction of sp³-hybridized carbons (Fsp3) is 0.261. The number of benzene rings is 1. The fourth-order valence-corrected chi connectivity index (χ4v) is 4.20. The number of thiophene rings is 1. The summed E-state index contributed by atoms with van der Waals surface area (Å²) in [6, 6.07) is 14.9. The van der Waals surface area contributed by atoms with E-state index in [-0.39, 0.29) is 30.9 Å². The van der Waals surface area contributed by atoms with Gasteiger partial charge in [-0.1, -0.05) is 23.8 Å². The molecule has 8 heteroatoms. The molecule has 3 aromatic rings. The highest BCUT2D eigenvalue weighted by molar-refractivity contribution is 7.12. The quantitative estimate of drug-likeness (QED) is 0.609. The molecule has 0 bridgehead atoms. The Morgan fingerprint density at radius 2 is 2.00 bits per heavy atom. The second-order valence-electron chi connectivity index (χ2n) is 7.58. The van der Waals surface area contributed by atoms with Crippen LogP contribution in [0, 0.1) is 6.92 Å². The van der Waals surface area contributed by atoms with E-state index in [9.17, 15) is 9.59 Å². The Morgan fingerprint density at radius 3 is 2.68 bits per heavy atom. The van der Waals surface area contributed by atoms with Crippen molar-refractivity contribution in [3.05, 3.63) is 76.4 Å². The molecule has 1 aromatic carbocycles. The van der Waals surface area contributed by atoms with Gasteiger partial charge in [-0.25, -0.2) is 5.01 Å². The van der Waals surface area contributed by atoms with Gasteiger partial charge >= 0.3 is 0 Å². The van der Waals surface area contributed by atoms with Crippen LogP contribution in [-0.4, -0.2) is 47.6 Å². The molecule has 7 nitrogen and oxygen atoms in total. The summed E-state index contributed by atoms with van der Waals surface area (Å²) in [7, 11) is 1.74. The lowest BCUT2D eigenvalue weighted by atomic mass is 10.1. The molecule has 0 fully saturated rings. The molecule has 2 aromatic heterocycles. The molecule has 0 saturated heterocycles. The number of carbonyl (C=O) groups excluding carboxylic acids is 2. The number of amides is 2. The molecule has 1 aliphatic rings. The van der Waals surface area contributed by atoms with Crippen LogP contribution in [0.1, 0.15) is 28.7 Å². The largest absolute Gasteiger partial charge is 0.467 e. The zero-order valence-electron chi connectivity index (χ0n) is 17.4. The van der Waals surface area contributed by atoms with Gasteiger partial charge in [0.2, 0.25) is 5.91 Å². The van der Waals surface area contributed by atoms with Gasteiger partial charge in [0.05, 0.1) is 29.9 Å². The van der Waals surface area contributed by atoms with Gasteiger partial charge in [-0.05, 0) is 49.7 Å². The first-order valence-electron chi connectivity index (χ1n) is 10.0. The smallest absolute Gasteiger partial charge is 0.257 e. The first-order chi connectivity index (χ1) is 15.0. The summed E-state index contributed by atoms with van der Waals surface area (Å²) in [5, 5.41) is 10.9. The minimum Gasteiger partial charge on any atom is -0.467 e. The number of carbonyl (C=O) groups is 2. The average molecular weight is 437 g/mol. The molecule has 1 unspecified atom stereocenters. The van der Waals surface area contributed by atoms with Crippen LogP contribution >= 0.6 is 11.3 Å². The van der Waals surface area contributed by atoms with Crippen molar-refractivity contribution < 1.29 is 14.0 Å². The van der Waals surface area contributed by atoms with Gasteiger partial charge in [0, 0.05) is 12.1 Å². The summed E-state index contributed by atoms with van der Waals surface area (Å²) in [6.07, 6.45) is 2.19. The molecular weight excluding hydrogens is 412 g/mol. The van der Waals surface area contributed by atoms with Crippen LogP contribution < -0.4 is 5.32 Å². The number of nitrogens with one attached hydrogen (secondary N) is 1. The lowest BCUT2D eigenvalue weighted by Crippen LogP contribution is -2.39. The molecule has 1 N–H and O–H groups in total. The number of likely N-dealkylation sites (N-methyl/N-ethyl adjacent to an activating group) is 1. The Bertz CT molecular complexity index is 1060. The zero-order chi connectivity index (χ0) is 21.8. The van der Waals surface area contributed by atoms with Crippen molar-refractivity contribution >= 4 is 34.6 Å². The van der Waals surface area contributed by atoms with E-state index in [0.29, 0.717) is 12.2 Å². The summed E-state index contributed by atoms with van der Waals surface area (Å²) < 4.78 is 5.57. The average Bonchev–Trinajstić information content (AvgIpc) is 3.49. The molecule has 4 rings (SSSR count). The maximum absolute atomic E-state index is 13.1. The van der Waals surface area contributed by atoms with Gasteiger partial charge in [0.25, 0.3) is 5.91 Å². The number of rotatable bonds is 7. The van der Waals surface area contributed by atoms with Crippen LogP contribution in [0.2, 0.25) is 0 Å². The number of hydrazone groups is 1. The van der Waals surface area contributed by atoms with Gasteiger partial charge in [0.15, 0.2) is 0 Å². The lowest BCUT2D eigenvalue weighted by molar-refractivity contribution is -0.134. The topological polar surface area (TPSA) is 78.2 Å². The van der Waals surface area contributed by atoms with E-state index in [1.807, 2.05) is 60.8 Å². The summed E-state index contributed by atoms with van der Waals surface area (Å²) in [5.74, 6) is 0.341. The Morgan fingerprint density at radius 1 is 1.19 bits per heavy atom. The molecule has 1 atom stereocenters. The third kappa shape index (κ3) is 5.10. The summed E-state index contributed by atoms with van der Waals surface area (Å²) in [5.41, 5.74) is 2.72. The minimum atomic E-state index is -0.283. The van der Waals surface area contributed by atoms with Crippen LogP contribution in [0.15, 0.2) is 69.7 Å². The standard InChI is InChI=1S/C23H24N4O3S/c1-16-7-9-17(10-8-16)24-22(28)14-26(2)15-23(29)27-19(20-5-3-11-30-20)13-18(25-27)21-6-4-12-31-21/h3-12,19H,13-15H2,1-2H3,(H,24,28). The van der Waals surface area contributed by atoms with E-state index in [1.165, 1.54) is 5.01 Å². The van der Waals surface area contributed by atoms with Crippen LogP contribution in [-0.2, 0) is 9.59 Å². The van der Waals surface area contributed by atoms with Crippen LogP contribution in [0.4, 0.5) is 5.69 Å². The molecule has 2 amide bonds. The van der Waals surface area contributed by atoms with Crippen LogP contribution in [0.3, 0.4) is 0 Å². The van der Waals surface area contributed by atoms with E-state index >= 15 is 0 Å². The molecule has 3 heterocycles. The third-order valence-electron chi connectivity index (χ3n) is 5.00. The summed E-state index contributed by atoms with van der Waals surface area (Å²) in [4.78, 5) is 28.1. The van der Waals surface area contributed by atoms with Gasteiger partial charge in [-0.3, -0.25) is 14.5 Å². The van der Waals surface area contributed by atoms with Crippen molar-refractivity contribution in [2.75, 3.05) is 25.5 Å². The molecule has 0 spiro atoms. The highest BCUT2D eigenvalue weighted by Crippen LogP contribution is 2.34. The van der Waals surface area contributed by atoms with Gasteiger partial charge in [-0.2, -0.15) is 5.10 Å². The van der Waals surface area contributed by atoms with E-state index in [4.69, 9.17) is 4.42 Å². The van der Waals surface area contributed by atoms with E-state index in [2.05, 4.69) is 10.4 Å². The number of aryl methyl sites for hydroxylation is 1. The highest BCUT2D eigenvalue weighted by Gasteiger charge is 2.35. The SMILES string of the molecule is Cc1ccc(NC(=O)CN(C)CC(=O)N2N=C(c3cccs3)CC2c2ccco2)cc1. The first-order valence-corrected chi connectivity index (χ1v) is 10.9. The monoisotopic (exact) mass is 436 g/mol. The van der Waals surface area contributed by atoms with Crippen molar-refractivity contribution in [2.45, 2.75) is 19.4 Å². The molecule has 31 heavy (non-hydrogen) atoms. The predicted octanol–water partition coefficient (Wildman–Crippen LogP) is 3.90. The van der Waals surface area contributed by atoms with E-state index < -0.39 is 0 Å². The van der Waals surface area contributed by atoms with Crippen molar-refractivity contribution in [2.24, 2.45) is 5.10 Å². The van der Waals surface area contributed by atoms with Crippen LogP contribution in [0.5, 0.6) is 0 Å². The van der Waals surface area contributed by atoms with Gasteiger partial charge in [0.1, 0.15) is 11.8 Å². The number of furan rings is 1. The van der Waals surface area contributed by atoms with Crippen molar-refractivity contribution in [3.63, 3.8) is 0 Å². The number of nitrogens with zero attached hydrogens (tertiary/aromatic N) is 3. The third-order valence-corrected chi connectivity index (χ3v) is 5.92. The van der Waals surface area contributed by atoms with E-state index in [0.717, 1.165) is 21.8 Å². The first kappa shape index (κ1) is 21.0.